The monoisotopic (exact) mass is 269 g/mol. The molecule has 0 unspecified atom stereocenters. The normalized spacial score (nSPS) is 10.7. The van der Waals surface area contributed by atoms with Gasteiger partial charge in [0, 0.05) is 13.5 Å². The summed E-state index contributed by atoms with van der Waals surface area (Å²) in [6.07, 6.45) is 1.77. The van der Waals surface area contributed by atoms with Crippen LogP contribution in [0, 0.1) is 6.92 Å². The van der Waals surface area contributed by atoms with Crippen molar-refractivity contribution in [3.63, 3.8) is 0 Å². The molecule has 0 aromatic carbocycles. The summed E-state index contributed by atoms with van der Waals surface area (Å²) < 4.78 is 15.8. The average Bonchev–Trinajstić information content (AvgIpc) is 2.39. The van der Waals surface area contributed by atoms with E-state index in [1.165, 1.54) is 0 Å². The molecular formula is C13H23N3O3. The minimum atomic E-state index is 0.437. The van der Waals surface area contributed by atoms with E-state index in [-0.39, 0.29) is 0 Å². The van der Waals surface area contributed by atoms with Crippen molar-refractivity contribution in [1.29, 1.82) is 0 Å². The number of nitrogen functional groups attached to an aromatic ring is 1. The van der Waals surface area contributed by atoms with Crippen molar-refractivity contribution >= 4 is 5.82 Å². The van der Waals surface area contributed by atoms with Crippen LogP contribution < -0.4 is 10.5 Å². The van der Waals surface area contributed by atoms with Gasteiger partial charge in [-0.05, 0) is 13.3 Å². The van der Waals surface area contributed by atoms with Crippen LogP contribution in [0.25, 0.3) is 0 Å². The molecule has 0 spiro atoms. The summed E-state index contributed by atoms with van der Waals surface area (Å²) in [7, 11) is 1.64. The predicted molar refractivity (Wildman–Crippen MR) is 73.4 cm³/mol. The summed E-state index contributed by atoms with van der Waals surface area (Å²) in [5.41, 5.74) is 6.62. The molecule has 1 aromatic heterocycles. The fourth-order valence-electron chi connectivity index (χ4n) is 1.48. The highest BCUT2D eigenvalue weighted by Crippen LogP contribution is 2.19. The molecule has 2 N–H and O–H groups in total. The molecule has 0 aliphatic carbocycles. The summed E-state index contributed by atoms with van der Waals surface area (Å²) >= 11 is 0. The topological polar surface area (TPSA) is 79.5 Å². The lowest BCUT2D eigenvalue weighted by Gasteiger charge is -2.11. The van der Waals surface area contributed by atoms with Crippen LogP contribution in [0.4, 0.5) is 5.82 Å². The summed E-state index contributed by atoms with van der Waals surface area (Å²) in [5.74, 6) is 1.75. The first-order valence-corrected chi connectivity index (χ1v) is 6.51. The molecule has 0 radical (unpaired) electrons. The molecule has 1 rings (SSSR count). The first kappa shape index (κ1) is 15.7. The van der Waals surface area contributed by atoms with Crippen molar-refractivity contribution in [3.05, 3.63) is 11.4 Å². The van der Waals surface area contributed by atoms with Crippen LogP contribution >= 0.6 is 0 Å². The summed E-state index contributed by atoms with van der Waals surface area (Å²) in [6.45, 7) is 6.00. The molecule has 6 nitrogen and oxygen atoms in total. The minimum Gasteiger partial charge on any atom is -0.475 e. The second kappa shape index (κ2) is 8.66. The quantitative estimate of drug-likeness (QED) is 0.682. The van der Waals surface area contributed by atoms with E-state index in [1.807, 2.05) is 6.92 Å². The van der Waals surface area contributed by atoms with Gasteiger partial charge in [-0.3, -0.25) is 0 Å². The van der Waals surface area contributed by atoms with Crippen LogP contribution in [0.15, 0.2) is 0 Å². The number of nitrogens with zero attached hydrogens (tertiary/aromatic N) is 2. The van der Waals surface area contributed by atoms with Gasteiger partial charge < -0.3 is 19.9 Å². The standard InChI is InChI=1S/C13H23N3O3/c1-4-5-11-15-12(14)10(2)13(16-11)19-9-8-18-7-6-17-3/h4-9H2,1-3H3,(H2,14,15,16). The molecular weight excluding hydrogens is 246 g/mol. The largest absolute Gasteiger partial charge is 0.475 e. The molecule has 1 heterocycles. The van der Waals surface area contributed by atoms with E-state index in [0.717, 1.165) is 24.2 Å². The van der Waals surface area contributed by atoms with Crippen LogP contribution in [0.2, 0.25) is 0 Å². The molecule has 0 saturated carbocycles. The van der Waals surface area contributed by atoms with Crippen molar-refractivity contribution < 1.29 is 14.2 Å². The van der Waals surface area contributed by atoms with Crippen LogP contribution in [-0.2, 0) is 15.9 Å². The minimum absolute atomic E-state index is 0.437. The molecule has 0 fully saturated rings. The van der Waals surface area contributed by atoms with Crippen molar-refractivity contribution in [2.45, 2.75) is 26.7 Å². The zero-order chi connectivity index (χ0) is 14.1. The molecule has 108 valence electrons. The van der Waals surface area contributed by atoms with E-state index in [1.54, 1.807) is 7.11 Å². The van der Waals surface area contributed by atoms with Crippen LogP contribution in [0.3, 0.4) is 0 Å². The number of nitrogens with two attached hydrogens (primary N) is 1. The van der Waals surface area contributed by atoms with Gasteiger partial charge in [-0.25, -0.2) is 4.98 Å². The van der Waals surface area contributed by atoms with Crippen molar-refractivity contribution in [3.8, 4) is 5.88 Å². The fraction of sp³-hybridized carbons (Fsp3) is 0.692. The second-order valence-electron chi connectivity index (χ2n) is 4.16. The molecule has 0 amide bonds. The number of aromatic nitrogens is 2. The SMILES string of the molecule is CCCc1nc(N)c(C)c(OCCOCCOC)n1. The molecule has 6 heteroatoms. The van der Waals surface area contributed by atoms with Crippen molar-refractivity contribution in [1.82, 2.24) is 9.97 Å². The zero-order valence-electron chi connectivity index (χ0n) is 11.9. The van der Waals surface area contributed by atoms with Gasteiger partial charge in [0.25, 0.3) is 0 Å². The van der Waals surface area contributed by atoms with Crippen LogP contribution in [-0.4, -0.2) is 43.5 Å². The van der Waals surface area contributed by atoms with E-state index >= 15 is 0 Å². The third-order valence-electron chi connectivity index (χ3n) is 2.56. The Morgan fingerprint density at radius 2 is 1.84 bits per heavy atom. The van der Waals surface area contributed by atoms with Gasteiger partial charge >= 0.3 is 0 Å². The van der Waals surface area contributed by atoms with Crippen LogP contribution in [0.5, 0.6) is 5.88 Å². The van der Waals surface area contributed by atoms with Crippen molar-refractivity contribution in [2.75, 3.05) is 39.3 Å². The Morgan fingerprint density at radius 1 is 1.11 bits per heavy atom. The Bertz CT molecular complexity index is 386. The zero-order valence-corrected chi connectivity index (χ0v) is 11.9. The lowest BCUT2D eigenvalue weighted by Crippen LogP contribution is -2.13. The number of aryl methyl sites for hydroxylation is 1. The van der Waals surface area contributed by atoms with E-state index < -0.39 is 0 Å². The predicted octanol–water partition coefficient (Wildman–Crippen LogP) is 1.36. The Kier molecular flexibility index (Phi) is 7.14. The van der Waals surface area contributed by atoms with Gasteiger partial charge in [-0.2, -0.15) is 4.98 Å². The van der Waals surface area contributed by atoms with E-state index in [9.17, 15) is 0 Å². The average molecular weight is 269 g/mol. The molecule has 0 aliphatic heterocycles. The fourth-order valence-corrected chi connectivity index (χ4v) is 1.48. The number of hydrogen-bond acceptors (Lipinski definition) is 6. The van der Waals surface area contributed by atoms with E-state index in [2.05, 4.69) is 16.9 Å². The summed E-state index contributed by atoms with van der Waals surface area (Å²) in [5, 5.41) is 0. The van der Waals surface area contributed by atoms with E-state index in [0.29, 0.717) is 38.1 Å². The Labute approximate surface area is 114 Å². The van der Waals surface area contributed by atoms with Gasteiger partial charge in [0.05, 0.1) is 25.4 Å². The third-order valence-corrected chi connectivity index (χ3v) is 2.56. The van der Waals surface area contributed by atoms with Gasteiger partial charge in [0.15, 0.2) is 0 Å². The molecule has 0 bridgehead atoms. The van der Waals surface area contributed by atoms with Gasteiger partial charge in [0.2, 0.25) is 5.88 Å². The number of anilines is 1. The highest BCUT2D eigenvalue weighted by molar-refractivity contribution is 5.44. The van der Waals surface area contributed by atoms with Gasteiger partial charge in [-0.15, -0.1) is 0 Å². The number of methoxy groups -OCH3 is 1. The Balaban J connectivity index is 2.47. The maximum Gasteiger partial charge on any atom is 0.221 e. The number of ether oxygens (including phenoxy) is 3. The molecule has 0 saturated heterocycles. The first-order chi connectivity index (χ1) is 9.19. The highest BCUT2D eigenvalue weighted by atomic mass is 16.5. The summed E-state index contributed by atoms with van der Waals surface area (Å²) in [6, 6.07) is 0. The lowest BCUT2D eigenvalue weighted by molar-refractivity contribution is 0.0535. The smallest absolute Gasteiger partial charge is 0.221 e. The molecule has 0 atom stereocenters. The van der Waals surface area contributed by atoms with Gasteiger partial charge in [-0.1, -0.05) is 6.92 Å². The Morgan fingerprint density at radius 3 is 2.53 bits per heavy atom. The number of rotatable bonds is 9. The highest BCUT2D eigenvalue weighted by Gasteiger charge is 2.09. The third kappa shape index (κ3) is 5.40. The first-order valence-electron chi connectivity index (χ1n) is 6.51. The molecule has 1 aromatic rings. The maximum absolute atomic E-state index is 5.84. The number of hydrogen-bond donors (Lipinski definition) is 1. The second-order valence-corrected chi connectivity index (χ2v) is 4.16. The van der Waals surface area contributed by atoms with Crippen molar-refractivity contribution in [2.24, 2.45) is 0 Å². The lowest BCUT2D eigenvalue weighted by atomic mass is 10.3. The molecule has 0 aliphatic rings. The van der Waals surface area contributed by atoms with E-state index in [4.69, 9.17) is 19.9 Å². The van der Waals surface area contributed by atoms with Crippen LogP contribution in [0.1, 0.15) is 24.7 Å². The Hall–Kier alpha value is -1.40. The summed E-state index contributed by atoms with van der Waals surface area (Å²) in [4.78, 5) is 8.59. The molecule has 19 heavy (non-hydrogen) atoms. The van der Waals surface area contributed by atoms with Gasteiger partial charge in [0.1, 0.15) is 18.2 Å². The maximum atomic E-state index is 5.84.